The summed E-state index contributed by atoms with van der Waals surface area (Å²) in [5, 5.41) is 30.9. The summed E-state index contributed by atoms with van der Waals surface area (Å²) in [6, 6.07) is 7.22. The zero-order valence-electron chi connectivity index (χ0n) is 12.2. The van der Waals surface area contributed by atoms with Crippen LogP contribution in [0, 0.1) is 0 Å². The third kappa shape index (κ3) is 1.97. The number of benzene rings is 2. The van der Waals surface area contributed by atoms with Gasteiger partial charge in [-0.1, -0.05) is 12.1 Å². The van der Waals surface area contributed by atoms with Gasteiger partial charge in [-0.15, -0.1) is 5.10 Å². The van der Waals surface area contributed by atoms with Crippen LogP contribution < -0.4 is 0 Å². The van der Waals surface area contributed by atoms with Crippen molar-refractivity contribution in [3.05, 3.63) is 64.5 Å². The minimum Gasteiger partial charge on any atom is -0.507 e. The average Bonchev–Trinajstić information content (AvgIpc) is 3.05. The number of phenols is 2. The highest BCUT2D eigenvalue weighted by Crippen LogP contribution is 2.37. The highest BCUT2D eigenvalue weighted by molar-refractivity contribution is 6.30. The molecule has 8 nitrogen and oxygen atoms in total. The lowest BCUT2D eigenvalue weighted by atomic mass is 9.82. The Hall–Kier alpha value is -3.55. The number of tetrazole rings is 1. The summed E-state index contributed by atoms with van der Waals surface area (Å²) in [6.07, 6.45) is 1.40. The van der Waals surface area contributed by atoms with Crippen LogP contribution in [0.1, 0.15) is 37.4 Å². The molecule has 1 aromatic heterocycles. The van der Waals surface area contributed by atoms with Crippen LogP contribution in [-0.4, -0.2) is 42.0 Å². The molecule has 2 N–H and O–H groups in total. The van der Waals surface area contributed by atoms with Gasteiger partial charge in [0.05, 0.1) is 17.7 Å². The van der Waals surface area contributed by atoms with Gasteiger partial charge in [-0.2, -0.15) is 0 Å². The number of hydrogen-bond donors (Lipinski definition) is 2. The molecule has 3 aromatic rings. The van der Waals surface area contributed by atoms with Gasteiger partial charge < -0.3 is 10.2 Å². The van der Waals surface area contributed by atoms with Crippen molar-refractivity contribution in [3.63, 3.8) is 0 Å². The monoisotopic (exact) mass is 322 g/mol. The Balaban J connectivity index is 1.88. The lowest BCUT2D eigenvalue weighted by Crippen LogP contribution is -2.21. The summed E-state index contributed by atoms with van der Waals surface area (Å²) in [5.74, 6) is -1.61. The van der Waals surface area contributed by atoms with Crippen molar-refractivity contribution >= 4 is 11.6 Å². The maximum absolute atomic E-state index is 12.7. The maximum Gasteiger partial charge on any atom is 0.201 e. The van der Waals surface area contributed by atoms with Crippen molar-refractivity contribution in [2.24, 2.45) is 0 Å². The molecule has 0 amide bonds. The predicted octanol–water partition coefficient (Wildman–Crippen LogP) is 0.908. The number of aromatic nitrogens is 4. The van der Waals surface area contributed by atoms with Crippen LogP contribution in [-0.2, 0) is 6.54 Å². The van der Waals surface area contributed by atoms with Crippen LogP contribution in [0.3, 0.4) is 0 Å². The van der Waals surface area contributed by atoms with Crippen LogP contribution >= 0.6 is 0 Å². The molecule has 0 bridgehead atoms. The summed E-state index contributed by atoms with van der Waals surface area (Å²) in [7, 11) is 0. The fraction of sp³-hybridized carbons (Fsp3) is 0.0625. The van der Waals surface area contributed by atoms with Gasteiger partial charge in [-0.05, 0) is 34.2 Å². The Kier molecular flexibility index (Phi) is 2.92. The fourth-order valence-corrected chi connectivity index (χ4v) is 2.87. The van der Waals surface area contributed by atoms with Crippen LogP contribution in [0.15, 0.2) is 36.7 Å². The summed E-state index contributed by atoms with van der Waals surface area (Å²) in [4.78, 5) is 25.3. The first-order chi connectivity index (χ1) is 11.6. The normalized spacial score (nSPS) is 12.8. The Labute approximate surface area is 135 Å². The molecule has 0 spiro atoms. The second-order valence-electron chi connectivity index (χ2n) is 5.40. The molecule has 118 valence electrons. The van der Waals surface area contributed by atoms with E-state index in [0.29, 0.717) is 5.56 Å². The number of ketones is 2. The van der Waals surface area contributed by atoms with Crippen molar-refractivity contribution in [3.8, 4) is 11.5 Å². The van der Waals surface area contributed by atoms with E-state index in [1.54, 1.807) is 0 Å². The topological polar surface area (TPSA) is 118 Å². The molecule has 0 fully saturated rings. The summed E-state index contributed by atoms with van der Waals surface area (Å²) < 4.78 is 1.43. The van der Waals surface area contributed by atoms with Gasteiger partial charge in [0.15, 0.2) is 5.78 Å². The lowest BCUT2D eigenvalue weighted by molar-refractivity contribution is 0.0974. The maximum atomic E-state index is 12.7. The number of carbonyl (C=O) groups is 2. The van der Waals surface area contributed by atoms with E-state index in [9.17, 15) is 19.8 Å². The van der Waals surface area contributed by atoms with Crippen LogP contribution in [0.4, 0.5) is 0 Å². The molecular weight excluding hydrogens is 312 g/mol. The molecule has 1 aliphatic carbocycles. The quantitative estimate of drug-likeness (QED) is 0.563. The first kappa shape index (κ1) is 14.1. The van der Waals surface area contributed by atoms with Crippen LogP contribution in [0.2, 0.25) is 0 Å². The first-order valence-electron chi connectivity index (χ1n) is 7.04. The van der Waals surface area contributed by atoms with Gasteiger partial charge >= 0.3 is 0 Å². The standard InChI is InChI=1S/C16H10N4O4/c21-11-3-1-2-9-13(11)16(24)14-10(15(9)23)4-8(5-12(14)22)6-20-7-17-18-19-20/h1-5,7,21-22H,6H2. The summed E-state index contributed by atoms with van der Waals surface area (Å²) >= 11 is 0. The molecule has 2 aromatic carbocycles. The summed E-state index contributed by atoms with van der Waals surface area (Å²) in [5.41, 5.74) is 0.601. The molecule has 0 atom stereocenters. The number of phenolic OH excluding ortho intramolecular Hbond substituents is 2. The van der Waals surface area contributed by atoms with Crippen molar-refractivity contribution in [1.82, 2.24) is 20.2 Å². The Bertz CT molecular complexity index is 996. The highest BCUT2D eigenvalue weighted by Gasteiger charge is 2.34. The second-order valence-corrected chi connectivity index (χ2v) is 5.40. The SMILES string of the molecule is O=C1c2cccc(O)c2C(=O)c2c(O)cc(Cn3cnnn3)cc21. The second kappa shape index (κ2) is 4.98. The predicted molar refractivity (Wildman–Crippen MR) is 80.0 cm³/mol. The molecule has 0 saturated heterocycles. The molecule has 8 heteroatoms. The van der Waals surface area contributed by atoms with E-state index in [1.807, 2.05) is 0 Å². The largest absolute Gasteiger partial charge is 0.507 e. The summed E-state index contributed by atoms with van der Waals surface area (Å²) in [6.45, 7) is 0.238. The molecule has 0 aliphatic heterocycles. The molecule has 0 unspecified atom stereocenters. The minimum absolute atomic E-state index is 0.0847. The zero-order chi connectivity index (χ0) is 16.8. The smallest absolute Gasteiger partial charge is 0.201 e. The number of nitrogens with zero attached hydrogens (tertiary/aromatic N) is 4. The van der Waals surface area contributed by atoms with Crippen molar-refractivity contribution in [2.75, 3.05) is 0 Å². The Morgan fingerprint density at radius 2 is 1.75 bits per heavy atom. The van der Waals surface area contributed by atoms with E-state index in [4.69, 9.17) is 0 Å². The van der Waals surface area contributed by atoms with Crippen LogP contribution in [0.5, 0.6) is 11.5 Å². The van der Waals surface area contributed by atoms with E-state index < -0.39 is 11.6 Å². The molecular formula is C16H10N4O4. The van der Waals surface area contributed by atoms with Gasteiger partial charge in [0, 0.05) is 11.1 Å². The third-order valence-corrected chi connectivity index (χ3v) is 3.90. The lowest BCUT2D eigenvalue weighted by Gasteiger charge is -2.20. The number of carbonyl (C=O) groups excluding carboxylic acids is 2. The van der Waals surface area contributed by atoms with E-state index in [2.05, 4.69) is 15.5 Å². The molecule has 0 saturated carbocycles. The number of rotatable bonds is 2. The van der Waals surface area contributed by atoms with E-state index >= 15 is 0 Å². The molecule has 0 radical (unpaired) electrons. The number of hydrogen-bond acceptors (Lipinski definition) is 7. The van der Waals surface area contributed by atoms with E-state index in [1.165, 1.54) is 41.3 Å². The first-order valence-corrected chi connectivity index (χ1v) is 7.04. The van der Waals surface area contributed by atoms with Gasteiger partial charge in [-0.3, -0.25) is 9.59 Å². The van der Waals surface area contributed by atoms with Crippen molar-refractivity contribution in [1.29, 1.82) is 0 Å². The highest BCUT2D eigenvalue weighted by atomic mass is 16.3. The Morgan fingerprint density at radius 1 is 0.958 bits per heavy atom. The van der Waals surface area contributed by atoms with E-state index in [-0.39, 0.29) is 40.3 Å². The molecule has 1 heterocycles. The molecule has 24 heavy (non-hydrogen) atoms. The van der Waals surface area contributed by atoms with E-state index in [0.717, 1.165) is 0 Å². The van der Waals surface area contributed by atoms with Gasteiger partial charge in [0.25, 0.3) is 0 Å². The minimum atomic E-state index is -0.579. The van der Waals surface area contributed by atoms with Crippen LogP contribution in [0.25, 0.3) is 0 Å². The van der Waals surface area contributed by atoms with Crippen molar-refractivity contribution < 1.29 is 19.8 Å². The number of fused-ring (bicyclic) bond motifs is 2. The van der Waals surface area contributed by atoms with Gasteiger partial charge in [0.2, 0.25) is 5.78 Å². The van der Waals surface area contributed by atoms with Gasteiger partial charge in [0.1, 0.15) is 17.8 Å². The Morgan fingerprint density at radius 3 is 2.50 bits per heavy atom. The average molecular weight is 322 g/mol. The fourth-order valence-electron chi connectivity index (χ4n) is 2.87. The molecule has 4 rings (SSSR count). The molecule has 1 aliphatic rings. The third-order valence-electron chi connectivity index (χ3n) is 3.90. The van der Waals surface area contributed by atoms with Gasteiger partial charge in [-0.25, -0.2) is 4.68 Å². The van der Waals surface area contributed by atoms with Crippen molar-refractivity contribution in [2.45, 2.75) is 6.54 Å². The number of aromatic hydroxyl groups is 2. The zero-order valence-corrected chi connectivity index (χ0v) is 12.2.